The minimum absolute atomic E-state index is 0.0848. The predicted molar refractivity (Wildman–Crippen MR) is 164 cm³/mol. The number of hydrogen-bond acceptors (Lipinski definition) is 5. The molecule has 3 rings (SSSR count). The zero-order valence-electron chi connectivity index (χ0n) is 22.9. The van der Waals surface area contributed by atoms with Gasteiger partial charge in [-0.15, -0.1) is 0 Å². The number of rotatable bonds is 13. The van der Waals surface area contributed by atoms with E-state index in [4.69, 9.17) is 39.5 Å². The summed E-state index contributed by atoms with van der Waals surface area (Å²) < 4.78 is 32.3. The van der Waals surface area contributed by atoms with Gasteiger partial charge in [0.25, 0.3) is 0 Å². The molecule has 0 aromatic heterocycles. The molecule has 8 nitrogen and oxygen atoms in total. The number of carbonyl (C=O) groups excluding carboxylic acids is 2. The summed E-state index contributed by atoms with van der Waals surface area (Å²) in [5.74, 6) is -0.839. The minimum atomic E-state index is -4.01. The summed E-state index contributed by atoms with van der Waals surface area (Å²) in [4.78, 5) is 29.1. The number of nitrogens with one attached hydrogen (secondary N) is 1. The van der Waals surface area contributed by atoms with Crippen LogP contribution in [0.25, 0.3) is 0 Å². The second-order valence-electron chi connectivity index (χ2n) is 9.30. The quantitative estimate of drug-likeness (QED) is 0.263. The van der Waals surface area contributed by atoms with Gasteiger partial charge in [0, 0.05) is 40.1 Å². The molecule has 12 heteroatoms. The highest BCUT2D eigenvalue weighted by Crippen LogP contribution is 2.33. The van der Waals surface area contributed by atoms with E-state index in [0.29, 0.717) is 28.6 Å². The molecular formula is C29H32Cl3N3O5S. The Kier molecular flexibility index (Phi) is 11.7. The topological polar surface area (TPSA) is 96.0 Å². The monoisotopic (exact) mass is 639 g/mol. The Morgan fingerprint density at radius 2 is 1.63 bits per heavy atom. The molecule has 41 heavy (non-hydrogen) atoms. The van der Waals surface area contributed by atoms with Gasteiger partial charge < -0.3 is 15.0 Å². The van der Waals surface area contributed by atoms with Crippen molar-refractivity contribution < 1.29 is 22.7 Å². The molecule has 0 radical (unpaired) electrons. The summed E-state index contributed by atoms with van der Waals surface area (Å²) in [6.07, 6.45) is 1.83. The highest BCUT2D eigenvalue weighted by molar-refractivity contribution is 7.92. The third-order valence-corrected chi connectivity index (χ3v) is 8.37. The van der Waals surface area contributed by atoms with Crippen molar-refractivity contribution in [2.45, 2.75) is 32.4 Å². The van der Waals surface area contributed by atoms with Crippen molar-refractivity contribution in [2.75, 3.05) is 30.8 Å². The molecule has 0 aliphatic heterocycles. The third kappa shape index (κ3) is 8.75. The van der Waals surface area contributed by atoms with Gasteiger partial charge in [-0.05, 0) is 42.3 Å². The average molecular weight is 641 g/mol. The number of hydrogen-bond donors (Lipinski definition) is 1. The van der Waals surface area contributed by atoms with Crippen molar-refractivity contribution in [1.29, 1.82) is 0 Å². The van der Waals surface area contributed by atoms with Crippen LogP contribution in [0.4, 0.5) is 5.69 Å². The molecule has 0 aliphatic carbocycles. The van der Waals surface area contributed by atoms with Gasteiger partial charge in [0.1, 0.15) is 18.3 Å². The third-order valence-electron chi connectivity index (χ3n) is 6.30. The van der Waals surface area contributed by atoms with Gasteiger partial charge >= 0.3 is 0 Å². The van der Waals surface area contributed by atoms with Gasteiger partial charge in [-0.2, -0.15) is 0 Å². The summed E-state index contributed by atoms with van der Waals surface area (Å²) in [5.41, 5.74) is 1.32. The number of amides is 2. The van der Waals surface area contributed by atoms with Crippen molar-refractivity contribution in [1.82, 2.24) is 10.2 Å². The van der Waals surface area contributed by atoms with E-state index in [0.717, 1.165) is 16.1 Å². The van der Waals surface area contributed by atoms with Gasteiger partial charge in [-0.3, -0.25) is 13.9 Å². The lowest BCUT2D eigenvalue weighted by molar-refractivity contribution is -0.140. The highest BCUT2D eigenvalue weighted by Gasteiger charge is 2.34. The number of nitrogens with zero attached hydrogens (tertiary/aromatic N) is 2. The number of anilines is 1. The van der Waals surface area contributed by atoms with Gasteiger partial charge in [0.2, 0.25) is 21.8 Å². The van der Waals surface area contributed by atoms with Crippen molar-refractivity contribution in [2.24, 2.45) is 0 Å². The first-order valence-corrected chi connectivity index (χ1v) is 15.8. The van der Waals surface area contributed by atoms with E-state index in [1.807, 2.05) is 37.3 Å². The molecule has 0 saturated carbocycles. The lowest BCUT2D eigenvalue weighted by Crippen LogP contribution is -2.53. The Morgan fingerprint density at radius 1 is 0.976 bits per heavy atom. The normalized spacial score (nSPS) is 12.0. The summed E-state index contributed by atoms with van der Waals surface area (Å²) >= 11 is 19.1. The van der Waals surface area contributed by atoms with Crippen molar-refractivity contribution >= 4 is 62.3 Å². The fraction of sp³-hybridized carbons (Fsp3) is 0.310. The SMILES string of the molecule is CCCNC(=O)[C@@H](Cc1ccccc1)N(Cc1c(Cl)cccc1Cl)C(=O)CN(c1cc(Cl)ccc1OC)S(C)(=O)=O. The van der Waals surface area contributed by atoms with E-state index in [-0.39, 0.29) is 29.4 Å². The number of methoxy groups -OCH3 is 1. The predicted octanol–water partition coefficient (Wildman–Crippen LogP) is 5.59. The van der Waals surface area contributed by atoms with E-state index in [9.17, 15) is 18.0 Å². The number of halogens is 3. The standard InChI is InChI=1S/C29H32Cl3N3O5S/c1-4-15-33-29(37)26(16-20-9-6-5-7-10-20)34(18-22-23(31)11-8-12-24(22)32)28(36)19-35(41(3,38)39)25-17-21(30)13-14-27(25)40-2/h5-14,17,26H,4,15-16,18-19H2,1-3H3,(H,33,37)/t26-/m1/s1. The molecule has 3 aromatic rings. The zero-order chi connectivity index (χ0) is 30.2. The van der Waals surface area contributed by atoms with Crippen LogP contribution < -0.4 is 14.4 Å². The molecule has 0 saturated heterocycles. The lowest BCUT2D eigenvalue weighted by Gasteiger charge is -2.34. The number of sulfonamides is 1. The molecule has 0 bridgehead atoms. The van der Waals surface area contributed by atoms with E-state index in [1.165, 1.54) is 24.1 Å². The molecular weight excluding hydrogens is 609 g/mol. The lowest BCUT2D eigenvalue weighted by atomic mass is 10.0. The van der Waals surface area contributed by atoms with Crippen molar-refractivity contribution in [3.63, 3.8) is 0 Å². The van der Waals surface area contributed by atoms with Crippen LogP contribution in [0, 0.1) is 0 Å². The molecule has 220 valence electrons. The minimum Gasteiger partial charge on any atom is -0.495 e. The Hall–Kier alpha value is -2.98. The van der Waals surface area contributed by atoms with Gasteiger partial charge in [0.15, 0.2) is 0 Å². The maximum atomic E-state index is 14.2. The van der Waals surface area contributed by atoms with Crippen molar-refractivity contribution in [3.8, 4) is 5.75 Å². The molecule has 2 amide bonds. The molecule has 0 heterocycles. The smallest absolute Gasteiger partial charge is 0.244 e. The average Bonchev–Trinajstić information content (AvgIpc) is 2.93. The van der Waals surface area contributed by atoms with Gasteiger partial charge in [-0.1, -0.05) is 78.1 Å². The molecule has 0 fully saturated rings. The van der Waals surface area contributed by atoms with Crippen LogP contribution in [0.5, 0.6) is 5.75 Å². The van der Waals surface area contributed by atoms with Gasteiger partial charge in [0.05, 0.1) is 19.1 Å². The van der Waals surface area contributed by atoms with Crippen LogP contribution in [-0.2, 0) is 32.6 Å². The van der Waals surface area contributed by atoms with Gasteiger partial charge in [-0.25, -0.2) is 8.42 Å². The first-order valence-electron chi connectivity index (χ1n) is 12.8. The van der Waals surface area contributed by atoms with Crippen LogP contribution in [0.1, 0.15) is 24.5 Å². The summed E-state index contributed by atoms with van der Waals surface area (Å²) in [5, 5.41) is 3.74. The van der Waals surface area contributed by atoms with Crippen LogP contribution in [-0.4, -0.2) is 57.6 Å². The number of benzene rings is 3. The maximum absolute atomic E-state index is 14.2. The molecule has 0 aliphatic rings. The highest BCUT2D eigenvalue weighted by atomic mass is 35.5. The fourth-order valence-electron chi connectivity index (χ4n) is 4.23. The molecule has 3 aromatic carbocycles. The van der Waals surface area contributed by atoms with Crippen LogP contribution in [0.2, 0.25) is 15.1 Å². The van der Waals surface area contributed by atoms with Crippen LogP contribution in [0.3, 0.4) is 0 Å². The van der Waals surface area contributed by atoms with Crippen LogP contribution in [0.15, 0.2) is 66.7 Å². The first kappa shape index (κ1) is 32.5. The zero-order valence-corrected chi connectivity index (χ0v) is 26.0. The summed E-state index contributed by atoms with van der Waals surface area (Å²) in [6.45, 7) is 1.54. The summed E-state index contributed by atoms with van der Waals surface area (Å²) in [6, 6.07) is 17.6. The van der Waals surface area contributed by atoms with E-state index >= 15 is 0 Å². The second-order valence-corrected chi connectivity index (χ2v) is 12.5. The molecule has 1 N–H and O–H groups in total. The Morgan fingerprint density at radius 3 is 2.22 bits per heavy atom. The number of carbonyl (C=O) groups is 2. The molecule has 0 unspecified atom stereocenters. The van der Waals surface area contributed by atoms with Crippen LogP contribution >= 0.6 is 34.8 Å². The van der Waals surface area contributed by atoms with Crippen molar-refractivity contribution in [3.05, 3.63) is 92.9 Å². The molecule has 0 spiro atoms. The second kappa shape index (κ2) is 14.8. The Balaban J connectivity index is 2.13. The largest absolute Gasteiger partial charge is 0.495 e. The Bertz CT molecular complexity index is 1450. The van der Waals surface area contributed by atoms with E-state index < -0.39 is 34.4 Å². The van der Waals surface area contributed by atoms with E-state index in [2.05, 4.69) is 5.32 Å². The Labute approximate surface area is 256 Å². The summed E-state index contributed by atoms with van der Waals surface area (Å²) in [7, 11) is -2.63. The maximum Gasteiger partial charge on any atom is 0.244 e. The number of ether oxygens (including phenoxy) is 1. The van der Waals surface area contributed by atoms with E-state index in [1.54, 1.807) is 24.3 Å². The first-order chi connectivity index (χ1) is 19.5. The molecule has 1 atom stereocenters. The fourth-order valence-corrected chi connectivity index (χ4v) is 5.75.